The minimum absolute atomic E-state index is 0.189. The first-order valence-corrected chi connectivity index (χ1v) is 12.0. The maximum Gasteiger partial charge on any atom is 0.412 e. The van der Waals surface area contributed by atoms with Crippen LogP contribution in [0.25, 0.3) is 0 Å². The quantitative estimate of drug-likeness (QED) is 0.332. The number of pyridine rings is 4. The van der Waals surface area contributed by atoms with Crippen LogP contribution in [0, 0.1) is 6.92 Å². The van der Waals surface area contributed by atoms with Gasteiger partial charge in [-0.25, -0.2) is 4.98 Å². The molecule has 8 nitrogen and oxygen atoms in total. The van der Waals surface area contributed by atoms with E-state index in [1.54, 1.807) is 36.8 Å². The minimum atomic E-state index is -4.32. The van der Waals surface area contributed by atoms with Gasteiger partial charge in [-0.1, -0.05) is 12.1 Å². The van der Waals surface area contributed by atoms with Crippen LogP contribution in [0.4, 0.5) is 19.0 Å². The highest BCUT2D eigenvalue weighted by Gasteiger charge is 2.30. The van der Waals surface area contributed by atoms with E-state index in [9.17, 15) is 22.8 Å². The van der Waals surface area contributed by atoms with E-state index in [0.717, 1.165) is 24.3 Å². The summed E-state index contributed by atoms with van der Waals surface area (Å²) < 4.78 is 38.4. The number of carbonyl (C=O) groups is 1. The third-order valence-corrected chi connectivity index (χ3v) is 5.46. The summed E-state index contributed by atoms with van der Waals surface area (Å²) in [4.78, 5) is 40.3. The molecule has 0 aliphatic heterocycles. The summed E-state index contributed by atoms with van der Waals surface area (Å²) in [5, 5.41) is 2.71. The van der Waals surface area contributed by atoms with Crippen LogP contribution in [0.3, 0.4) is 0 Å². The molecule has 0 aromatic carbocycles. The Morgan fingerprint density at radius 1 is 1.00 bits per heavy atom. The molecule has 11 heteroatoms. The van der Waals surface area contributed by atoms with E-state index in [1.165, 1.54) is 36.1 Å². The molecule has 1 N–H and O–H groups in total. The van der Waals surface area contributed by atoms with E-state index < -0.39 is 11.7 Å². The SMILES string of the molecule is CN=C(/C=C(\C)C(F)(F)F)c1cccnc1.Cc1ccc(NC(=O)c2ccc(=O)n(Cc3ccccn3)c2)nc1. The van der Waals surface area contributed by atoms with Crippen LogP contribution in [0.15, 0.2) is 107 Å². The summed E-state index contributed by atoms with van der Waals surface area (Å²) in [6, 6.07) is 15.3. The van der Waals surface area contributed by atoms with Crippen molar-refractivity contribution in [3.05, 3.63) is 130 Å². The van der Waals surface area contributed by atoms with Gasteiger partial charge < -0.3 is 9.88 Å². The van der Waals surface area contributed by atoms with Crippen LogP contribution in [-0.2, 0) is 6.54 Å². The minimum Gasteiger partial charge on any atom is -0.309 e. The molecule has 0 unspecified atom stereocenters. The molecule has 0 bridgehead atoms. The molecule has 4 aromatic heterocycles. The van der Waals surface area contributed by atoms with Gasteiger partial charge in [0.05, 0.1) is 23.5 Å². The Balaban J connectivity index is 0.000000241. The number of anilines is 1. The van der Waals surface area contributed by atoms with Crippen molar-refractivity contribution < 1.29 is 18.0 Å². The number of aliphatic imine (C=N–C) groups is 1. The Kier molecular flexibility index (Phi) is 10.2. The summed E-state index contributed by atoms with van der Waals surface area (Å²) in [7, 11) is 1.45. The van der Waals surface area contributed by atoms with Crippen LogP contribution in [-0.4, -0.2) is 44.4 Å². The lowest BCUT2D eigenvalue weighted by Crippen LogP contribution is -2.23. The van der Waals surface area contributed by atoms with E-state index in [0.29, 0.717) is 23.5 Å². The average molecular weight is 549 g/mol. The van der Waals surface area contributed by atoms with Gasteiger partial charge in [0.2, 0.25) is 0 Å². The molecular weight excluding hydrogens is 521 g/mol. The number of allylic oxidation sites excluding steroid dienone is 2. The van der Waals surface area contributed by atoms with E-state index in [-0.39, 0.29) is 17.2 Å². The van der Waals surface area contributed by atoms with Crippen LogP contribution in [0.1, 0.15) is 34.1 Å². The largest absolute Gasteiger partial charge is 0.412 e. The van der Waals surface area contributed by atoms with Crippen molar-refractivity contribution in [2.75, 3.05) is 12.4 Å². The molecule has 0 atom stereocenters. The fourth-order valence-corrected chi connectivity index (χ4v) is 3.26. The number of aromatic nitrogens is 4. The van der Waals surface area contributed by atoms with Gasteiger partial charge in [0.15, 0.2) is 0 Å². The van der Waals surface area contributed by atoms with E-state index >= 15 is 0 Å². The maximum atomic E-state index is 12.3. The Morgan fingerprint density at radius 2 is 1.80 bits per heavy atom. The molecule has 0 aliphatic rings. The van der Waals surface area contributed by atoms with Crippen LogP contribution in [0.2, 0.25) is 0 Å². The summed E-state index contributed by atoms with van der Waals surface area (Å²) in [6.07, 6.45) is 4.59. The number of halogens is 3. The second-order valence-electron chi connectivity index (χ2n) is 8.56. The van der Waals surface area contributed by atoms with Gasteiger partial charge >= 0.3 is 6.18 Å². The van der Waals surface area contributed by atoms with Gasteiger partial charge in [-0.2, -0.15) is 13.2 Å². The van der Waals surface area contributed by atoms with Gasteiger partial charge in [-0.05, 0) is 61.9 Å². The number of hydrogen-bond acceptors (Lipinski definition) is 6. The van der Waals surface area contributed by atoms with Crippen molar-refractivity contribution in [1.29, 1.82) is 0 Å². The molecule has 0 saturated carbocycles. The highest BCUT2D eigenvalue weighted by atomic mass is 19.4. The Hall–Kier alpha value is -4.93. The average Bonchev–Trinajstić information content (AvgIpc) is 2.95. The van der Waals surface area contributed by atoms with Gasteiger partial charge in [-0.15, -0.1) is 0 Å². The highest BCUT2D eigenvalue weighted by Crippen LogP contribution is 2.25. The number of aryl methyl sites for hydroxylation is 1. The molecular formula is C29H27F3N6O2. The van der Waals surface area contributed by atoms with Gasteiger partial charge in [0.1, 0.15) is 5.82 Å². The third kappa shape index (κ3) is 8.83. The first-order chi connectivity index (χ1) is 19.1. The molecule has 4 heterocycles. The molecule has 0 radical (unpaired) electrons. The predicted molar refractivity (Wildman–Crippen MR) is 147 cm³/mol. The molecule has 4 aromatic rings. The molecule has 0 spiro atoms. The first kappa shape index (κ1) is 29.6. The molecule has 206 valence electrons. The zero-order valence-corrected chi connectivity index (χ0v) is 22.1. The van der Waals surface area contributed by atoms with Crippen molar-refractivity contribution in [1.82, 2.24) is 19.5 Å². The maximum absolute atomic E-state index is 12.3. The Bertz CT molecular complexity index is 1530. The number of nitrogens with one attached hydrogen (secondary N) is 1. The smallest absolute Gasteiger partial charge is 0.309 e. The number of hydrogen-bond donors (Lipinski definition) is 1. The Labute approximate surface area is 229 Å². The third-order valence-electron chi connectivity index (χ3n) is 5.46. The zero-order chi connectivity index (χ0) is 29.1. The molecule has 0 saturated heterocycles. The summed E-state index contributed by atoms with van der Waals surface area (Å²) in [6.45, 7) is 3.25. The Morgan fingerprint density at radius 3 is 2.40 bits per heavy atom. The molecule has 0 fully saturated rings. The van der Waals surface area contributed by atoms with Gasteiger partial charge in [-0.3, -0.25) is 24.5 Å². The van der Waals surface area contributed by atoms with Gasteiger partial charge in [0.25, 0.3) is 11.5 Å². The molecule has 40 heavy (non-hydrogen) atoms. The van der Waals surface area contributed by atoms with Gasteiger partial charge in [0, 0.05) is 55.2 Å². The number of nitrogens with zero attached hydrogens (tertiary/aromatic N) is 5. The van der Waals surface area contributed by atoms with Crippen molar-refractivity contribution in [2.24, 2.45) is 4.99 Å². The normalized spacial score (nSPS) is 11.8. The molecule has 1 amide bonds. The highest BCUT2D eigenvalue weighted by molar-refractivity contribution is 6.08. The van der Waals surface area contributed by atoms with Crippen molar-refractivity contribution >= 4 is 17.4 Å². The standard InChI is InChI=1S/C18H16N4O2.C11H11F3N2/c1-13-5-7-16(20-10-13)21-18(24)14-6-8-17(23)22(11-14)12-15-4-2-3-9-19-15;1-8(11(12,13)14)6-10(15-2)9-4-3-5-16-7-9/h2-11H,12H2,1H3,(H,20,21,24);3-7H,1-2H3/b;8-6+,15-10?. The predicted octanol–water partition coefficient (Wildman–Crippen LogP) is 5.26. The zero-order valence-electron chi connectivity index (χ0n) is 22.1. The van der Waals surface area contributed by atoms with Crippen molar-refractivity contribution in [3.63, 3.8) is 0 Å². The lowest BCUT2D eigenvalue weighted by molar-refractivity contribution is -0.0912. The number of alkyl halides is 3. The second kappa shape index (κ2) is 13.7. The lowest BCUT2D eigenvalue weighted by Gasteiger charge is -2.08. The van der Waals surface area contributed by atoms with Crippen LogP contribution in [0.5, 0.6) is 0 Å². The summed E-state index contributed by atoms with van der Waals surface area (Å²) in [5.74, 6) is 0.147. The molecule has 0 aliphatic carbocycles. The number of carbonyl (C=O) groups excluding carboxylic acids is 1. The number of rotatable bonds is 6. The number of amides is 1. The van der Waals surface area contributed by atoms with Crippen LogP contribution < -0.4 is 10.9 Å². The van der Waals surface area contributed by atoms with E-state index in [1.807, 2.05) is 31.2 Å². The topological polar surface area (TPSA) is 102 Å². The lowest BCUT2D eigenvalue weighted by atomic mass is 10.1. The first-order valence-electron chi connectivity index (χ1n) is 12.0. The summed E-state index contributed by atoms with van der Waals surface area (Å²) >= 11 is 0. The van der Waals surface area contributed by atoms with E-state index in [2.05, 4.69) is 25.3 Å². The van der Waals surface area contributed by atoms with Crippen molar-refractivity contribution in [2.45, 2.75) is 26.6 Å². The monoisotopic (exact) mass is 548 g/mol. The summed E-state index contributed by atoms with van der Waals surface area (Å²) in [5.41, 5.74) is 2.10. The second-order valence-corrected chi connectivity index (χ2v) is 8.56. The van der Waals surface area contributed by atoms with Crippen molar-refractivity contribution in [3.8, 4) is 0 Å². The van der Waals surface area contributed by atoms with E-state index in [4.69, 9.17) is 0 Å². The van der Waals surface area contributed by atoms with Crippen LogP contribution >= 0.6 is 0 Å². The fraction of sp³-hybridized carbons (Fsp3) is 0.172. The molecule has 4 rings (SSSR count). The fourth-order valence-electron chi connectivity index (χ4n) is 3.26.